The van der Waals surface area contributed by atoms with E-state index in [2.05, 4.69) is 15.8 Å². The van der Waals surface area contributed by atoms with Gasteiger partial charge in [0.15, 0.2) is 6.10 Å². The average Bonchev–Trinajstić information content (AvgIpc) is 3.02. The maximum Gasteiger partial charge on any atom is 0.280 e. The molecule has 0 bridgehead atoms. The molecule has 1 aliphatic heterocycles. The smallest absolute Gasteiger partial charge is 0.280 e. The molecule has 2 N–H and O–H groups in total. The molecule has 0 saturated carbocycles. The molecule has 4 aromatic rings. The van der Waals surface area contributed by atoms with Gasteiger partial charge >= 0.3 is 0 Å². The van der Waals surface area contributed by atoms with Gasteiger partial charge in [-0.3, -0.25) is 29.8 Å². The monoisotopic (exact) mass is 490 g/mol. The Morgan fingerprint density at radius 2 is 1.89 bits per heavy atom. The Balaban J connectivity index is 1.28. The molecule has 9 heteroatoms. The third kappa shape index (κ3) is 4.51. The topological polar surface area (TPSA) is 102 Å². The van der Waals surface area contributed by atoms with E-state index >= 15 is 0 Å². The van der Waals surface area contributed by atoms with E-state index in [4.69, 9.17) is 4.74 Å². The molecule has 5 rings (SSSR count). The van der Waals surface area contributed by atoms with Crippen LogP contribution in [0.1, 0.15) is 47.2 Å². The fourth-order valence-corrected chi connectivity index (χ4v) is 5.49. The Labute approximate surface area is 205 Å². The summed E-state index contributed by atoms with van der Waals surface area (Å²) in [5.74, 6) is 0.358. The van der Waals surface area contributed by atoms with Crippen LogP contribution in [0.3, 0.4) is 0 Å². The average molecular weight is 491 g/mol. The highest BCUT2D eigenvalue weighted by Gasteiger charge is 2.23. The molecule has 3 heterocycles. The van der Waals surface area contributed by atoms with Crippen LogP contribution in [0.5, 0.6) is 5.75 Å². The summed E-state index contributed by atoms with van der Waals surface area (Å²) in [6.07, 6.45) is 2.95. The van der Waals surface area contributed by atoms with Crippen molar-refractivity contribution in [2.24, 2.45) is 0 Å². The lowest BCUT2D eigenvalue weighted by Crippen LogP contribution is -2.47. The van der Waals surface area contributed by atoms with Crippen molar-refractivity contribution < 1.29 is 14.3 Å². The molecule has 1 aliphatic rings. The van der Waals surface area contributed by atoms with E-state index in [-0.39, 0.29) is 5.56 Å². The number of hydrogen-bond donors (Lipinski definition) is 2. The Morgan fingerprint density at radius 1 is 1.09 bits per heavy atom. The van der Waals surface area contributed by atoms with Crippen molar-refractivity contribution in [1.82, 2.24) is 20.4 Å². The number of hydrazine groups is 1. The number of hydrogen-bond acceptors (Lipinski definition) is 6. The van der Waals surface area contributed by atoms with Gasteiger partial charge in [-0.1, -0.05) is 36.8 Å². The van der Waals surface area contributed by atoms with Gasteiger partial charge in [0, 0.05) is 13.0 Å². The first kappa shape index (κ1) is 23.0. The van der Waals surface area contributed by atoms with Crippen molar-refractivity contribution >= 4 is 44.1 Å². The first-order valence-electron chi connectivity index (χ1n) is 11.7. The number of rotatable bonds is 4. The highest BCUT2D eigenvalue weighted by atomic mass is 32.1. The van der Waals surface area contributed by atoms with Crippen LogP contribution in [-0.4, -0.2) is 27.5 Å². The molecule has 2 amide bonds. The van der Waals surface area contributed by atoms with Crippen LogP contribution in [0.15, 0.2) is 47.3 Å². The summed E-state index contributed by atoms with van der Waals surface area (Å²) >= 11 is 1.17. The lowest BCUT2D eigenvalue weighted by Gasteiger charge is -2.15. The summed E-state index contributed by atoms with van der Waals surface area (Å²) in [6, 6.07) is 13.5. The zero-order valence-corrected chi connectivity index (χ0v) is 20.4. The van der Waals surface area contributed by atoms with Gasteiger partial charge in [-0.05, 0) is 55.2 Å². The van der Waals surface area contributed by atoms with E-state index in [9.17, 15) is 14.4 Å². The highest BCUT2D eigenvalue weighted by Crippen LogP contribution is 2.28. The summed E-state index contributed by atoms with van der Waals surface area (Å²) in [6.45, 7) is 4.01. The largest absolute Gasteiger partial charge is 0.481 e. The van der Waals surface area contributed by atoms with E-state index in [0.29, 0.717) is 33.0 Å². The van der Waals surface area contributed by atoms with E-state index in [1.54, 1.807) is 24.5 Å². The number of carbonyl (C=O) groups is 2. The molecule has 0 fully saturated rings. The van der Waals surface area contributed by atoms with Gasteiger partial charge in [-0.2, -0.15) is 0 Å². The van der Waals surface area contributed by atoms with Crippen LogP contribution in [0.2, 0.25) is 0 Å². The van der Waals surface area contributed by atoms with E-state index in [0.717, 1.165) is 42.3 Å². The second kappa shape index (κ2) is 9.50. The molecular formula is C26H26N4O4S. The number of carbonyl (C=O) groups excluding carboxylic acids is 2. The predicted molar refractivity (Wildman–Crippen MR) is 136 cm³/mol. The van der Waals surface area contributed by atoms with Gasteiger partial charge in [0.25, 0.3) is 17.4 Å². The lowest BCUT2D eigenvalue weighted by atomic mass is 10.1. The molecule has 35 heavy (non-hydrogen) atoms. The number of nitrogens with one attached hydrogen (secondary N) is 2. The number of thiophene rings is 1. The van der Waals surface area contributed by atoms with Crippen molar-refractivity contribution in [1.29, 1.82) is 0 Å². The summed E-state index contributed by atoms with van der Waals surface area (Å²) in [7, 11) is 0. The molecule has 180 valence electrons. The number of benzene rings is 2. The maximum absolute atomic E-state index is 13.1. The first-order chi connectivity index (χ1) is 16.9. The number of fused-ring (bicyclic) bond motifs is 3. The minimum absolute atomic E-state index is 0.0962. The molecule has 0 spiro atoms. The van der Waals surface area contributed by atoms with Gasteiger partial charge in [0.05, 0.1) is 10.3 Å². The molecular weight excluding hydrogens is 464 g/mol. The normalized spacial score (nSPS) is 14.2. The van der Waals surface area contributed by atoms with Crippen LogP contribution in [-0.2, 0) is 17.8 Å². The van der Waals surface area contributed by atoms with Crippen LogP contribution >= 0.6 is 11.3 Å². The van der Waals surface area contributed by atoms with Gasteiger partial charge < -0.3 is 4.74 Å². The van der Waals surface area contributed by atoms with Crippen molar-refractivity contribution in [2.45, 2.75) is 52.2 Å². The Bertz CT molecular complexity index is 1510. The number of aromatic nitrogens is 2. The van der Waals surface area contributed by atoms with Gasteiger partial charge in [0.1, 0.15) is 16.4 Å². The van der Waals surface area contributed by atoms with Crippen molar-refractivity contribution in [3.8, 4) is 5.75 Å². The summed E-state index contributed by atoms with van der Waals surface area (Å²) in [5, 5.41) is 2.56. The molecule has 8 nitrogen and oxygen atoms in total. The zero-order valence-electron chi connectivity index (χ0n) is 19.6. The Kier molecular flexibility index (Phi) is 6.25. The summed E-state index contributed by atoms with van der Waals surface area (Å²) in [4.78, 5) is 44.1. The van der Waals surface area contributed by atoms with Crippen LogP contribution in [0.4, 0.5) is 0 Å². The highest BCUT2D eigenvalue weighted by molar-refractivity contribution is 7.20. The minimum Gasteiger partial charge on any atom is -0.481 e. The summed E-state index contributed by atoms with van der Waals surface area (Å²) < 4.78 is 7.50. The quantitative estimate of drug-likeness (QED) is 0.423. The minimum atomic E-state index is -0.832. The number of aryl methyl sites for hydroxylation is 2. The number of nitrogens with zero attached hydrogens (tertiary/aromatic N) is 2. The second-order valence-electron chi connectivity index (χ2n) is 8.74. The van der Waals surface area contributed by atoms with Crippen molar-refractivity contribution in [2.75, 3.05) is 0 Å². The molecule has 1 atom stereocenters. The molecule has 2 aromatic heterocycles. The first-order valence-corrected chi connectivity index (χ1v) is 12.5. The fraction of sp³-hybridized carbons (Fsp3) is 0.308. The zero-order chi connectivity index (χ0) is 24.5. The van der Waals surface area contributed by atoms with Gasteiger partial charge in [-0.25, -0.2) is 4.98 Å². The van der Waals surface area contributed by atoms with Crippen LogP contribution < -0.4 is 21.1 Å². The van der Waals surface area contributed by atoms with E-state index in [1.807, 2.05) is 36.4 Å². The van der Waals surface area contributed by atoms with E-state index < -0.39 is 17.9 Å². The molecule has 0 saturated heterocycles. The Morgan fingerprint density at radius 3 is 2.71 bits per heavy atom. The van der Waals surface area contributed by atoms with Gasteiger partial charge in [-0.15, -0.1) is 11.3 Å². The van der Waals surface area contributed by atoms with E-state index in [1.165, 1.54) is 11.3 Å². The standard InChI is InChI=1S/C26H26N4O4S/c1-15-21-25(27-20-10-4-3-7-13-30(20)26(21)33)35-22(15)24(32)29-28-23(31)16(2)34-19-12-11-17-8-5-6-9-18(17)14-19/h5-6,8-9,11-12,14,16H,3-4,7,10,13H2,1-2H3,(H,28,31)(H,29,32). The van der Waals surface area contributed by atoms with Crippen molar-refractivity contribution in [3.05, 3.63) is 69.1 Å². The number of ether oxygens (including phenoxy) is 1. The third-order valence-corrected chi connectivity index (χ3v) is 7.50. The third-order valence-electron chi connectivity index (χ3n) is 6.32. The number of amides is 2. The van der Waals surface area contributed by atoms with Crippen LogP contribution in [0.25, 0.3) is 21.0 Å². The molecule has 0 aliphatic carbocycles. The van der Waals surface area contributed by atoms with Gasteiger partial charge in [0.2, 0.25) is 0 Å². The van der Waals surface area contributed by atoms with Crippen LogP contribution in [0, 0.1) is 6.92 Å². The maximum atomic E-state index is 13.1. The second-order valence-corrected chi connectivity index (χ2v) is 9.74. The Hall–Kier alpha value is -3.72. The lowest BCUT2D eigenvalue weighted by molar-refractivity contribution is -0.128. The molecule has 0 radical (unpaired) electrons. The van der Waals surface area contributed by atoms with Crippen molar-refractivity contribution in [3.63, 3.8) is 0 Å². The predicted octanol–water partition coefficient (Wildman–Crippen LogP) is 3.87. The SMILES string of the molecule is Cc1c(C(=O)NNC(=O)C(C)Oc2ccc3ccccc3c2)sc2nc3n(c(=O)c12)CCCCC3. The molecule has 2 aromatic carbocycles. The summed E-state index contributed by atoms with van der Waals surface area (Å²) in [5.41, 5.74) is 5.36. The fourth-order valence-electron chi connectivity index (χ4n) is 4.40. The molecule has 1 unspecified atom stereocenters.